The molecule has 0 aliphatic rings. The summed E-state index contributed by atoms with van der Waals surface area (Å²) in [5.41, 5.74) is 2.62. The molecule has 0 unspecified atom stereocenters. The first kappa shape index (κ1) is 22.6. The number of benzene rings is 3. The SMILES string of the molecule is Cc1ccc(NS(=O)(=O)c2ccc(C(=O)N(Cc3ccccc3)C(C)(C)C)cc2)cc1. The second kappa shape index (κ2) is 8.94. The highest BCUT2D eigenvalue weighted by Crippen LogP contribution is 2.22. The molecular weight excluding hydrogens is 408 g/mol. The Kier molecular flexibility index (Phi) is 6.51. The third-order valence-corrected chi connectivity index (χ3v) is 6.35. The second-order valence-corrected chi connectivity index (χ2v) is 10.2. The number of nitrogens with zero attached hydrogens (tertiary/aromatic N) is 1. The quantitative estimate of drug-likeness (QED) is 0.575. The van der Waals surface area contributed by atoms with Crippen molar-refractivity contribution >= 4 is 21.6 Å². The van der Waals surface area contributed by atoms with Gasteiger partial charge in [-0.3, -0.25) is 9.52 Å². The molecule has 0 saturated carbocycles. The summed E-state index contributed by atoms with van der Waals surface area (Å²) in [5.74, 6) is -0.146. The van der Waals surface area contributed by atoms with E-state index in [2.05, 4.69) is 4.72 Å². The molecule has 162 valence electrons. The number of amides is 1. The van der Waals surface area contributed by atoms with Gasteiger partial charge in [-0.05, 0) is 69.7 Å². The Morgan fingerprint density at radius 2 is 1.45 bits per heavy atom. The van der Waals surface area contributed by atoms with Gasteiger partial charge in [0.1, 0.15) is 0 Å². The summed E-state index contributed by atoms with van der Waals surface area (Å²) in [5, 5.41) is 0. The molecule has 3 rings (SSSR count). The minimum absolute atomic E-state index is 0.106. The molecular formula is C25H28N2O3S. The highest BCUT2D eigenvalue weighted by Gasteiger charge is 2.28. The molecule has 0 fully saturated rings. The average molecular weight is 437 g/mol. The number of aryl methyl sites for hydroxylation is 1. The minimum atomic E-state index is -3.74. The molecule has 5 nitrogen and oxygen atoms in total. The van der Waals surface area contributed by atoms with Crippen molar-refractivity contribution in [3.05, 3.63) is 95.6 Å². The molecule has 0 bridgehead atoms. The van der Waals surface area contributed by atoms with Gasteiger partial charge < -0.3 is 4.90 Å². The van der Waals surface area contributed by atoms with Gasteiger partial charge >= 0.3 is 0 Å². The van der Waals surface area contributed by atoms with Gasteiger partial charge in [-0.1, -0.05) is 48.0 Å². The molecule has 0 aliphatic carbocycles. The second-order valence-electron chi connectivity index (χ2n) is 8.54. The molecule has 6 heteroatoms. The van der Waals surface area contributed by atoms with Crippen LogP contribution in [0.15, 0.2) is 83.8 Å². The summed E-state index contributed by atoms with van der Waals surface area (Å²) in [4.78, 5) is 15.1. The number of anilines is 1. The van der Waals surface area contributed by atoms with Gasteiger partial charge in [0.25, 0.3) is 15.9 Å². The topological polar surface area (TPSA) is 66.5 Å². The number of hydrogen-bond acceptors (Lipinski definition) is 3. The van der Waals surface area contributed by atoms with Crippen molar-refractivity contribution in [2.24, 2.45) is 0 Å². The maximum Gasteiger partial charge on any atom is 0.261 e. The fourth-order valence-electron chi connectivity index (χ4n) is 3.15. The fraction of sp³-hybridized carbons (Fsp3) is 0.240. The van der Waals surface area contributed by atoms with Crippen LogP contribution in [0.4, 0.5) is 5.69 Å². The Morgan fingerprint density at radius 3 is 2.00 bits per heavy atom. The van der Waals surface area contributed by atoms with Crippen molar-refractivity contribution in [3.8, 4) is 0 Å². The van der Waals surface area contributed by atoms with Gasteiger partial charge in [0.15, 0.2) is 0 Å². The Bertz CT molecular complexity index is 1130. The molecule has 1 amide bonds. The number of carbonyl (C=O) groups excluding carboxylic acids is 1. The number of hydrogen-bond donors (Lipinski definition) is 1. The Morgan fingerprint density at radius 1 is 0.871 bits per heavy atom. The van der Waals surface area contributed by atoms with Crippen LogP contribution in [-0.4, -0.2) is 24.8 Å². The number of nitrogens with one attached hydrogen (secondary N) is 1. The summed E-state index contributed by atoms with van der Waals surface area (Å²) in [7, 11) is -3.74. The monoisotopic (exact) mass is 436 g/mol. The van der Waals surface area contributed by atoms with E-state index in [1.54, 1.807) is 29.2 Å². The fourth-order valence-corrected chi connectivity index (χ4v) is 4.21. The van der Waals surface area contributed by atoms with E-state index in [0.717, 1.165) is 11.1 Å². The summed E-state index contributed by atoms with van der Waals surface area (Å²) in [6.45, 7) is 8.36. The van der Waals surface area contributed by atoms with E-state index in [0.29, 0.717) is 17.8 Å². The molecule has 1 N–H and O–H groups in total. The molecule has 0 saturated heterocycles. The van der Waals surface area contributed by atoms with E-state index >= 15 is 0 Å². The molecule has 0 aliphatic heterocycles. The maximum atomic E-state index is 13.2. The molecule has 0 aromatic heterocycles. The van der Waals surface area contributed by atoms with Crippen LogP contribution in [0.1, 0.15) is 42.3 Å². The molecule has 3 aromatic rings. The van der Waals surface area contributed by atoms with Crippen LogP contribution in [0.2, 0.25) is 0 Å². The van der Waals surface area contributed by atoms with Crippen LogP contribution in [-0.2, 0) is 16.6 Å². The Hall–Kier alpha value is -3.12. The zero-order valence-electron chi connectivity index (χ0n) is 18.3. The van der Waals surface area contributed by atoms with Crippen molar-refractivity contribution in [1.82, 2.24) is 4.90 Å². The zero-order valence-corrected chi connectivity index (χ0v) is 19.1. The largest absolute Gasteiger partial charge is 0.329 e. The lowest BCUT2D eigenvalue weighted by Gasteiger charge is -2.36. The van der Waals surface area contributed by atoms with Gasteiger partial charge in [0.2, 0.25) is 0 Å². The average Bonchev–Trinajstić information content (AvgIpc) is 2.73. The van der Waals surface area contributed by atoms with Crippen molar-refractivity contribution in [1.29, 1.82) is 0 Å². The van der Waals surface area contributed by atoms with Crippen molar-refractivity contribution in [2.45, 2.75) is 44.7 Å². The van der Waals surface area contributed by atoms with Gasteiger partial charge in [-0.15, -0.1) is 0 Å². The van der Waals surface area contributed by atoms with Crippen LogP contribution in [0.5, 0.6) is 0 Å². The van der Waals surface area contributed by atoms with Crippen LogP contribution >= 0.6 is 0 Å². The van der Waals surface area contributed by atoms with Gasteiger partial charge in [-0.25, -0.2) is 8.42 Å². The standard InChI is InChI=1S/C25H28N2O3S/c1-19-10-14-22(15-11-19)26-31(29,30)23-16-12-21(13-17-23)24(28)27(25(2,3)4)18-20-8-6-5-7-9-20/h5-17,26H,18H2,1-4H3. The lowest BCUT2D eigenvalue weighted by atomic mass is 10.0. The summed E-state index contributed by atoms with van der Waals surface area (Å²) in [6, 6.07) is 23.0. The maximum absolute atomic E-state index is 13.2. The number of sulfonamides is 1. The van der Waals surface area contributed by atoms with Crippen molar-refractivity contribution in [3.63, 3.8) is 0 Å². The van der Waals surface area contributed by atoms with E-state index in [1.165, 1.54) is 12.1 Å². The third kappa shape index (κ3) is 5.73. The summed E-state index contributed by atoms with van der Waals surface area (Å²) >= 11 is 0. The smallest absolute Gasteiger partial charge is 0.261 e. The highest BCUT2D eigenvalue weighted by molar-refractivity contribution is 7.92. The lowest BCUT2D eigenvalue weighted by Crippen LogP contribution is -2.45. The van der Waals surface area contributed by atoms with E-state index in [-0.39, 0.29) is 10.8 Å². The molecule has 0 heterocycles. The van der Waals surface area contributed by atoms with Crippen LogP contribution in [0.25, 0.3) is 0 Å². The highest BCUT2D eigenvalue weighted by atomic mass is 32.2. The Balaban J connectivity index is 1.81. The summed E-state index contributed by atoms with van der Waals surface area (Å²) < 4.78 is 28.0. The van der Waals surface area contributed by atoms with Crippen molar-refractivity contribution in [2.75, 3.05) is 4.72 Å². The lowest BCUT2D eigenvalue weighted by molar-refractivity contribution is 0.0559. The van der Waals surface area contributed by atoms with E-state index < -0.39 is 15.6 Å². The van der Waals surface area contributed by atoms with Gasteiger partial charge in [-0.2, -0.15) is 0 Å². The molecule has 31 heavy (non-hydrogen) atoms. The summed E-state index contributed by atoms with van der Waals surface area (Å²) in [6.07, 6.45) is 0. The molecule has 0 atom stereocenters. The van der Waals surface area contributed by atoms with Crippen LogP contribution < -0.4 is 4.72 Å². The Labute approximate surface area is 184 Å². The van der Waals surface area contributed by atoms with Gasteiger partial charge in [0.05, 0.1) is 4.90 Å². The third-order valence-electron chi connectivity index (χ3n) is 4.95. The number of carbonyl (C=O) groups is 1. The first-order chi connectivity index (χ1) is 14.6. The number of rotatable bonds is 6. The predicted octanol–water partition coefficient (Wildman–Crippen LogP) is 5.24. The van der Waals surface area contributed by atoms with Crippen LogP contribution in [0, 0.1) is 6.92 Å². The first-order valence-electron chi connectivity index (χ1n) is 10.1. The zero-order chi connectivity index (χ0) is 22.6. The van der Waals surface area contributed by atoms with E-state index in [4.69, 9.17) is 0 Å². The first-order valence-corrected chi connectivity index (χ1v) is 11.6. The normalized spacial score (nSPS) is 11.7. The molecule has 0 spiro atoms. The van der Waals surface area contributed by atoms with Crippen molar-refractivity contribution < 1.29 is 13.2 Å². The van der Waals surface area contributed by atoms with E-state index in [1.807, 2.05) is 70.2 Å². The molecule has 0 radical (unpaired) electrons. The molecule has 3 aromatic carbocycles. The van der Waals surface area contributed by atoms with Gasteiger partial charge in [0, 0.05) is 23.3 Å². The minimum Gasteiger partial charge on any atom is -0.329 e. The van der Waals surface area contributed by atoms with Crippen LogP contribution in [0.3, 0.4) is 0 Å². The van der Waals surface area contributed by atoms with E-state index in [9.17, 15) is 13.2 Å². The predicted molar refractivity (Wildman–Crippen MR) is 124 cm³/mol.